The van der Waals surface area contributed by atoms with Gasteiger partial charge in [-0.25, -0.2) is 0 Å². The fraction of sp³-hybridized carbons (Fsp3) is 0.0526. The Hall–Kier alpha value is -4.68. The third-order valence-corrected chi connectivity index (χ3v) is 8.59. The second kappa shape index (κ2) is 8.16. The standard InChI is InChI=1S/C38H26/c1-2-13-26(14-3-1)29-17-5-4-15-27(29)25-28-16-12-24-36-37(28)32-20-8-11-23-35(32)38(36)33-21-9-6-18-30(33)31-19-7-10-22-34(31)38/h1-24H,25H2. The van der Waals surface area contributed by atoms with E-state index in [9.17, 15) is 0 Å². The molecule has 2 aliphatic carbocycles. The Labute approximate surface area is 223 Å². The Morgan fingerprint density at radius 2 is 0.816 bits per heavy atom. The topological polar surface area (TPSA) is 0 Å². The summed E-state index contributed by atoms with van der Waals surface area (Å²) in [7, 11) is 0. The van der Waals surface area contributed by atoms with Gasteiger partial charge in [0.2, 0.25) is 0 Å². The Bertz CT molecular complexity index is 1790. The van der Waals surface area contributed by atoms with Crippen molar-refractivity contribution in [3.63, 3.8) is 0 Å². The van der Waals surface area contributed by atoms with Crippen LogP contribution in [0.2, 0.25) is 0 Å². The molecule has 0 aromatic heterocycles. The molecule has 178 valence electrons. The molecule has 6 aromatic rings. The van der Waals surface area contributed by atoms with Crippen LogP contribution in [0.4, 0.5) is 0 Å². The first-order chi connectivity index (χ1) is 18.9. The molecule has 0 amide bonds. The highest BCUT2D eigenvalue weighted by atomic mass is 14.5. The van der Waals surface area contributed by atoms with Crippen LogP contribution in [0.25, 0.3) is 33.4 Å². The fourth-order valence-corrected chi connectivity index (χ4v) is 7.15. The minimum atomic E-state index is -0.284. The van der Waals surface area contributed by atoms with Crippen molar-refractivity contribution < 1.29 is 0 Å². The monoisotopic (exact) mass is 482 g/mol. The quantitative estimate of drug-likeness (QED) is 0.235. The first-order valence-electron chi connectivity index (χ1n) is 13.4. The summed E-state index contributed by atoms with van der Waals surface area (Å²) in [5.74, 6) is 0. The largest absolute Gasteiger partial charge is 0.0725 e. The zero-order chi connectivity index (χ0) is 25.1. The second-order valence-corrected chi connectivity index (χ2v) is 10.4. The first-order valence-corrected chi connectivity index (χ1v) is 13.4. The van der Waals surface area contributed by atoms with Crippen molar-refractivity contribution in [2.45, 2.75) is 11.8 Å². The molecule has 0 radical (unpaired) electrons. The van der Waals surface area contributed by atoms with Gasteiger partial charge < -0.3 is 0 Å². The molecule has 0 saturated carbocycles. The molecule has 2 aliphatic rings. The molecule has 0 heteroatoms. The molecule has 0 fully saturated rings. The first kappa shape index (κ1) is 21.4. The maximum atomic E-state index is 2.38. The van der Waals surface area contributed by atoms with Crippen molar-refractivity contribution >= 4 is 0 Å². The maximum Gasteiger partial charge on any atom is 0.0725 e. The smallest absolute Gasteiger partial charge is 0.0622 e. The Kier molecular flexibility index (Phi) is 4.60. The Morgan fingerprint density at radius 3 is 1.50 bits per heavy atom. The molecule has 0 nitrogen and oxygen atoms in total. The lowest BCUT2D eigenvalue weighted by molar-refractivity contribution is 0.793. The average Bonchev–Trinajstić information content (AvgIpc) is 3.46. The molecule has 0 heterocycles. The minimum Gasteiger partial charge on any atom is -0.0622 e. The van der Waals surface area contributed by atoms with Crippen molar-refractivity contribution in [1.29, 1.82) is 0 Å². The fourth-order valence-electron chi connectivity index (χ4n) is 7.15. The van der Waals surface area contributed by atoms with E-state index in [1.54, 1.807) is 0 Å². The highest BCUT2D eigenvalue weighted by molar-refractivity contribution is 5.95. The van der Waals surface area contributed by atoms with Gasteiger partial charge in [0, 0.05) is 0 Å². The van der Waals surface area contributed by atoms with Crippen LogP contribution in [0.15, 0.2) is 146 Å². The van der Waals surface area contributed by atoms with E-state index < -0.39 is 0 Å². The number of hydrogen-bond donors (Lipinski definition) is 0. The van der Waals surface area contributed by atoms with Crippen LogP contribution in [0.1, 0.15) is 33.4 Å². The molecule has 6 aromatic carbocycles. The lowest BCUT2D eigenvalue weighted by atomic mass is 9.70. The van der Waals surface area contributed by atoms with E-state index in [4.69, 9.17) is 0 Å². The van der Waals surface area contributed by atoms with Gasteiger partial charge in [0.1, 0.15) is 0 Å². The summed E-state index contributed by atoms with van der Waals surface area (Å²) in [6.45, 7) is 0. The van der Waals surface area contributed by atoms with E-state index in [0.29, 0.717) is 0 Å². The number of benzene rings is 6. The van der Waals surface area contributed by atoms with Gasteiger partial charge in [-0.15, -0.1) is 0 Å². The Balaban J connectivity index is 1.40. The van der Waals surface area contributed by atoms with Gasteiger partial charge in [0.05, 0.1) is 5.41 Å². The van der Waals surface area contributed by atoms with E-state index in [1.807, 2.05) is 0 Å². The normalized spacial score (nSPS) is 13.6. The summed E-state index contributed by atoms with van der Waals surface area (Å²) in [4.78, 5) is 0. The van der Waals surface area contributed by atoms with Gasteiger partial charge in [0.15, 0.2) is 0 Å². The number of hydrogen-bond acceptors (Lipinski definition) is 0. The molecular formula is C38H26. The summed E-state index contributed by atoms with van der Waals surface area (Å²) in [5.41, 5.74) is 16.1. The number of fused-ring (bicyclic) bond motifs is 10. The van der Waals surface area contributed by atoms with Crippen molar-refractivity contribution in [3.8, 4) is 33.4 Å². The van der Waals surface area contributed by atoms with Crippen LogP contribution in [-0.4, -0.2) is 0 Å². The SMILES string of the molecule is c1ccc(-c2ccccc2Cc2cccc3c2-c2ccccc2C32c3ccccc3-c3ccccc32)cc1. The van der Waals surface area contributed by atoms with Crippen LogP contribution in [-0.2, 0) is 11.8 Å². The second-order valence-electron chi connectivity index (χ2n) is 10.4. The van der Waals surface area contributed by atoms with E-state index in [0.717, 1.165) is 6.42 Å². The minimum absolute atomic E-state index is 0.284. The highest BCUT2D eigenvalue weighted by Crippen LogP contribution is 2.63. The summed E-state index contributed by atoms with van der Waals surface area (Å²) >= 11 is 0. The average molecular weight is 483 g/mol. The molecule has 0 atom stereocenters. The molecule has 0 saturated heterocycles. The molecule has 0 N–H and O–H groups in total. The highest BCUT2D eigenvalue weighted by Gasteiger charge is 2.51. The van der Waals surface area contributed by atoms with Crippen LogP contribution in [0, 0.1) is 0 Å². The zero-order valence-electron chi connectivity index (χ0n) is 21.1. The number of rotatable bonds is 3. The van der Waals surface area contributed by atoms with Gasteiger partial charge in [-0.2, -0.15) is 0 Å². The summed E-state index contributed by atoms with van der Waals surface area (Å²) in [6.07, 6.45) is 0.891. The lowest BCUT2D eigenvalue weighted by Gasteiger charge is -2.30. The van der Waals surface area contributed by atoms with Gasteiger partial charge >= 0.3 is 0 Å². The van der Waals surface area contributed by atoms with E-state index in [2.05, 4.69) is 146 Å². The van der Waals surface area contributed by atoms with Gasteiger partial charge in [-0.05, 0) is 73.2 Å². The van der Waals surface area contributed by atoms with Crippen LogP contribution in [0.3, 0.4) is 0 Å². The summed E-state index contributed by atoms with van der Waals surface area (Å²) in [5, 5.41) is 0. The van der Waals surface area contributed by atoms with Gasteiger partial charge in [-0.1, -0.05) is 146 Å². The molecule has 0 bridgehead atoms. The van der Waals surface area contributed by atoms with Crippen molar-refractivity contribution in [1.82, 2.24) is 0 Å². The lowest BCUT2D eigenvalue weighted by Crippen LogP contribution is -2.25. The molecule has 0 unspecified atom stereocenters. The molecule has 8 rings (SSSR count). The summed E-state index contributed by atoms with van der Waals surface area (Å²) < 4.78 is 0. The third-order valence-electron chi connectivity index (χ3n) is 8.59. The van der Waals surface area contributed by atoms with Crippen molar-refractivity contribution in [2.75, 3.05) is 0 Å². The molecule has 38 heavy (non-hydrogen) atoms. The van der Waals surface area contributed by atoms with E-state index >= 15 is 0 Å². The molecule has 0 aliphatic heterocycles. The third kappa shape index (κ3) is 2.80. The van der Waals surface area contributed by atoms with Crippen molar-refractivity contribution in [2.24, 2.45) is 0 Å². The maximum absolute atomic E-state index is 2.38. The van der Waals surface area contributed by atoms with E-state index in [1.165, 1.54) is 66.8 Å². The Morgan fingerprint density at radius 1 is 0.342 bits per heavy atom. The molecule has 1 spiro atoms. The van der Waals surface area contributed by atoms with Crippen molar-refractivity contribution in [3.05, 3.63) is 179 Å². The predicted octanol–water partition coefficient (Wildman–Crippen LogP) is 9.29. The van der Waals surface area contributed by atoms with Gasteiger partial charge in [-0.3, -0.25) is 0 Å². The zero-order valence-corrected chi connectivity index (χ0v) is 21.1. The summed E-state index contributed by atoms with van der Waals surface area (Å²) in [6, 6.07) is 53.7. The predicted molar refractivity (Wildman–Crippen MR) is 157 cm³/mol. The van der Waals surface area contributed by atoms with Crippen LogP contribution < -0.4 is 0 Å². The van der Waals surface area contributed by atoms with Crippen LogP contribution >= 0.6 is 0 Å². The van der Waals surface area contributed by atoms with E-state index in [-0.39, 0.29) is 5.41 Å². The van der Waals surface area contributed by atoms with Gasteiger partial charge in [0.25, 0.3) is 0 Å². The van der Waals surface area contributed by atoms with Crippen LogP contribution in [0.5, 0.6) is 0 Å². The molecular weight excluding hydrogens is 456 g/mol.